The average Bonchev–Trinajstić information content (AvgIpc) is 2.99. The first-order chi connectivity index (χ1) is 8.34. The molecule has 2 aromatic heterocycles. The third-order valence-corrected chi connectivity index (χ3v) is 3.92. The third-order valence-electron chi connectivity index (χ3n) is 3.24. The maximum atomic E-state index is 6.06. The topological polar surface area (TPSA) is 55.9 Å². The molecule has 3 rings (SSSR count). The van der Waals surface area contributed by atoms with Crippen molar-refractivity contribution in [1.29, 1.82) is 0 Å². The normalized spacial score (nSPS) is 17.4. The molecule has 0 unspecified atom stereocenters. The highest BCUT2D eigenvalue weighted by Crippen LogP contribution is 2.27. The van der Waals surface area contributed by atoms with Crippen LogP contribution in [0.3, 0.4) is 0 Å². The van der Waals surface area contributed by atoms with Gasteiger partial charge in [0.15, 0.2) is 0 Å². The second-order valence-corrected chi connectivity index (χ2v) is 5.17. The van der Waals surface area contributed by atoms with Gasteiger partial charge in [-0.1, -0.05) is 0 Å². The molecule has 0 aliphatic carbocycles. The van der Waals surface area contributed by atoms with E-state index in [1.165, 1.54) is 0 Å². The van der Waals surface area contributed by atoms with Gasteiger partial charge in [0.05, 0.1) is 11.7 Å². The molecule has 1 aliphatic heterocycles. The summed E-state index contributed by atoms with van der Waals surface area (Å²) in [5.41, 5.74) is 8.21. The Morgan fingerprint density at radius 1 is 1.41 bits per heavy atom. The molecule has 1 fully saturated rings. The molecule has 0 aromatic carbocycles. The van der Waals surface area contributed by atoms with Crippen molar-refractivity contribution in [3.8, 4) is 11.3 Å². The highest BCUT2D eigenvalue weighted by atomic mass is 32.1. The second-order valence-electron chi connectivity index (χ2n) is 4.39. The maximum absolute atomic E-state index is 6.06. The van der Waals surface area contributed by atoms with Crippen molar-refractivity contribution < 1.29 is 0 Å². The zero-order valence-electron chi connectivity index (χ0n) is 9.60. The van der Waals surface area contributed by atoms with Crippen LogP contribution in [-0.2, 0) is 0 Å². The lowest BCUT2D eigenvalue weighted by Crippen LogP contribution is -2.30. The molecule has 3 heterocycles. The van der Waals surface area contributed by atoms with Crippen LogP contribution in [0.5, 0.6) is 0 Å². The number of thiophene rings is 1. The van der Waals surface area contributed by atoms with Crippen molar-refractivity contribution in [3.05, 3.63) is 22.9 Å². The van der Waals surface area contributed by atoms with Crippen LogP contribution >= 0.6 is 11.3 Å². The van der Waals surface area contributed by atoms with Crippen LogP contribution in [0.4, 0.5) is 5.82 Å². The summed E-state index contributed by atoms with van der Waals surface area (Å²) in [5, 5.41) is 12.2. The van der Waals surface area contributed by atoms with Gasteiger partial charge in [-0.3, -0.25) is 0 Å². The minimum atomic E-state index is 0.448. The highest BCUT2D eigenvalue weighted by molar-refractivity contribution is 7.08. The van der Waals surface area contributed by atoms with Gasteiger partial charge >= 0.3 is 0 Å². The van der Waals surface area contributed by atoms with Crippen molar-refractivity contribution in [3.63, 3.8) is 0 Å². The summed E-state index contributed by atoms with van der Waals surface area (Å²) < 4.78 is 1.99. The van der Waals surface area contributed by atoms with Crippen molar-refractivity contribution in [2.45, 2.75) is 18.9 Å². The molecule has 90 valence electrons. The first-order valence-electron chi connectivity index (χ1n) is 5.93. The van der Waals surface area contributed by atoms with E-state index in [2.05, 4.69) is 27.2 Å². The van der Waals surface area contributed by atoms with E-state index in [4.69, 9.17) is 5.73 Å². The predicted octanol–water partition coefficient (Wildman–Crippen LogP) is 2.12. The number of rotatable bonds is 2. The minimum absolute atomic E-state index is 0.448. The molecule has 0 saturated carbocycles. The molecule has 4 nitrogen and oxygen atoms in total. The number of hydrogen-bond donors (Lipinski definition) is 2. The smallest absolute Gasteiger partial charge is 0.122 e. The molecule has 2 aromatic rings. The Morgan fingerprint density at radius 3 is 2.94 bits per heavy atom. The van der Waals surface area contributed by atoms with Gasteiger partial charge in [0.1, 0.15) is 5.82 Å². The van der Waals surface area contributed by atoms with Gasteiger partial charge in [-0.05, 0) is 37.4 Å². The van der Waals surface area contributed by atoms with Gasteiger partial charge in [-0.25, -0.2) is 4.68 Å². The molecule has 0 amide bonds. The Kier molecular flexibility index (Phi) is 2.86. The molecule has 5 heteroatoms. The standard InChI is InChI=1S/C12H16N4S/c13-12-7-11(9-3-6-17-8-9)15-16(12)10-1-4-14-5-2-10/h3,6-8,10,14H,1-2,4-5,13H2. The molecule has 17 heavy (non-hydrogen) atoms. The number of nitrogens with two attached hydrogens (primary N) is 1. The Bertz CT molecular complexity index is 483. The number of piperidine rings is 1. The highest BCUT2D eigenvalue weighted by Gasteiger charge is 2.18. The van der Waals surface area contributed by atoms with Crippen LogP contribution in [0.25, 0.3) is 11.3 Å². The molecule has 0 atom stereocenters. The number of aromatic nitrogens is 2. The van der Waals surface area contributed by atoms with Crippen molar-refractivity contribution in [1.82, 2.24) is 15.1 Å². The molecular weight excluding hydrogens is 232 g/mol. The first-order valence-corrected chi connectivity index (χ1v) is 6.87. The van der Waals surface area contributed by atoms with Crippen molar-refractivity contribution in [2.24, 2.45) is 0 Å². The summed E-state index contributed by atoms with van der Waals surface area (Å²) in [6.45, 7) is 2.11. The Hall–Kier alpha value is -1.33. The van der Waals surface area contributed by atoms with Crippen molar-refractivity contribution >= 4 is 17.2 Å². The fourth-order valence-corrected chi connectivity index (χ4v) is 2.95. The van der Waals surface area contributed by atoms with Crippen molar-refractivity contribution in [2.75, 3.05) is 18.8 Å². The lowest BCUT2D eigenvalue weighted by Gasteiger charge is -2.23. The van der Waals surface area contributed by atoms with E-state index in [0.717, 1.165) is 43.0 Å². The van der Waals surface area contributed by atoms with E-state index >= 15 is 0 Å². The number of nitrogens with one attached hydrogen (secondary N) is 1. The molecule has 0 bridgehead atoms. The Balaban J connectivity index is 1.90. The predicted molar refractivity (Wildman–Crippen MR) is 71.1 cm³/mol. The summed E-state index contributed by atoms with van der Waals surface area (Å²) in [4.78, 5) is 0. The van der Waals surface area contributed by atoms with Crippen LogP contribution < -0.4 is 11.1 Å². The van der Waals surface area contributed by atoms with Crippen LogP contribution in [0.1, 0.15) is 18.9 Å². The van der Waals surface area contributed by atoms with E-state index in [1.54, 1.807) is 11.3 Å². The minimum Gasteiger partial charge on any atom is -0.384 e. The first kappa shape index (κ1) is 10.8. The summed E-state index contributed by atoms with van der Waals surface area (Å²) in [5.74, 6) is 0.776. The lowest BCUT2D eigenvalue weighted by atomic mass is 10.1. The lowest BCUT2D eigenvalue weighted by molar-refractivity contribution is 0.347. The largest absolute Gasteiger partial charge is 0.384 e. The quantitative estimate of drug-likeness (QED) is 0.856. The van der Waals surface area contributed by atoms with Gasteiger partial charge in [0.2, 0.25) is 0 Å². The SMILES string of the molecule is Nc1cc(-c2ccsc2)nn1C1CCNCC1. The monoisotopic (exact) mass is 248 g/mol. The Labute approximate surface area is 104 Å². The molecular formula is C12H16N4S. The summed E-state index contributed by atoms with van der Waals surface area (Å²) in [6, 6.07) is 4.51. The molecule has 0 spiro atoms. The molecule has 1 saturated heterocycles. The molecule has 3 N–H and O–H groups in total. The number of anilines is 1. The van der Waals surface area contributed by atoms with Gasteiger partial charge < -0.3 is 11.1 Å². The van der Waals surface area contributed by atoms with Gasteiger partial charge in [-0.15, -0.1) is 0 Å². The maximum Gasteiger partial charge on any atom is 0.122 e. The molecule has 0 radical (unpaired) electrons. The zero-order valence-corrected chi connectivity index (χ0v) is 10.4. The van der Waals surface area contributed by atoms with Crippen LogP contribution in [-0.4, -0.2) is 22.9 Å². The fourth-order valence-electron chi connectivity index (χ4n) is 2.30. The zero-order chi connectivity index (χ0) is 11.7. The van der Waals surface area contributed by atoms with E-state index < -0.39 is 0 Å². The van der Waals surface area contributed by atoms with Crippen LogP contribution in [0.2, 0.25) is 0 Å². The van der Waals surface area contributed by atoms with Gasteiger partial charge in [0, 0.05) is 17.0 Å². The number of hydrogen-bond acceptors (Lipinski definition) is 4. The second kappa shape index (κ2) is 4.50. The van der Waals surface area contributed by atoms with E-state index in [9.17, 15) is 0 Å². The fraction of sp³-hybridized carbons (Fsp3) is 0.417. The third kappa shape index (κ3) is 2.08. The van der Waals surface area contributed by atoms with Crippen LogP contribution in [0.15, 0.2) is 22.9 Å². The van der Waals surface area contributed by atoms with E-state index in [0.29, 0.717) is 6.04 Å². The summed E-state index contributed by atoms with van der Waals surface area (Å²) in [7, 11) is 0. The van der Waals surface area contributed by atoms with E-state index in [-0.39, 0.29) is 0 Å². The van der Waals surface area contributed by atoms with Crippen LogP contribution in [0, 0.1) is 0 Å². The number of nitrogens with zero attached hydrogens (tertiary/aromatic N) is 2. The van der Waals surface area contributed by atoms with Gasteiger partial charge in [-0.2, -0.15) is 16.4 Å². The average molecular weight is 248 g/mol. The Morgan fingerprint density at radius 2 is 2.24 bits per heavy atom. The summed E-state index contributed by atoms with van der Waals surface area (Å²) in [6.07, 6.45) is 2.21. The summed E-state index contributed by atoms with van der Waals surface area (Å²) >= 11 is 1.69. The molecule has 1 aliphatic rings. The van der Waals surface area contributed by atoms with Gasteiger partial charge in [0.25, 0.3) is 0 Å². The van der Waals surface area contributed by atoms with E-state index in [1.807, 2.05) is 10.7 Å². The number of nitrogen functional groups attached to an aromatic ring is 1.